The van der Waals surface area contributed by atoms with Gasteiger partial charge in [-0.05, 0) is 29.8 Å². The molecule has 0 fully saturated rings. The number of aromatic nitrogens is 4. The van der Waals surface area contributed by atoms with Gasteiger partial charge in [0.1, 0.15) is 12.4 Å². The van der Waals surface area contributed by atoms with E-state index in [4.69, 9.17) is 11.6 Å². The maximum Gasteiger partial charge on any atom is 0.367 e. The van der Waals surface area contributed by atoms with Gasteiger partial charge in [0, 0.05) is 12.7 Å². The average Bonchev–Trinajstić information content (AvgIpc) is 2.85. The number of hydrogen-bond donors (Lipinski definition) is 1. The largest absolute Gasteiger partial charge is 0.367 e. The molecular formula is C14H11ClFN5O2. The van der Waals surface area contributed by atoms with Gasteiger partial charge in [-0.2, -0.15) is 9.61 Å². The number of halogens is 2. The Morgan fingerprint density at radius 1 is 1.35 bits per heavy atom. The molecule has 7 nitrogen and oxygen atoms in total. The molecule has 0 atom stereocenters. The van der Waals surface area contributed by atoms with E-state index in [0.717, 1.165) is 9.20 Å². The second-order valence-corrected chi connectivity index (χ2v) is 5.17. The smallest absolute Gasteiger partial charge is 0.350 e. The quantitative estimate of drug-likeness (QED) is 0.771. The van der Waals surface area contributed by atoms with Crippen molar-refractivity contribution in [1.82, 2.24) is 24.7 Å². The van der Waals surface area contributed by atoms with Gasteiger partial charge in [-0.25, -0.2) is 13.9 Å². The lowest BCUT2D eigenvalue weighted by atomic mass is 10.2. The fraction of sp³-hybridized carbons (Fsp3) is 0.143. The van der Waals surface area contributed by atoms with Gasteiger partial charge >= 0.3 is 5.69 Å². The lowest BCUT2D eigenvalue weighted by molar-refractivity contribution is -0.122. The molecular weight excluding hydrogens is 325 g/mol. The molecule has 0 radical (unpaired) electrons. The molecule has 2 heterocycles. The van der Waals surface area contributed by atoms with Crippen LogP contribution in [0.1, 0.15) is 5.56 Å². The molecule has 0 spiro atoms. The molecule has 1 amide bonds. The van der Waals surface area contributed by atoms with Gasteiger partial charge in [-0.1, -0.05) is 17.7 Å². The van der Waals surface area contributed by atoms with E-state index in [9.17, 15) is 14.0 Å². The van der Waals surface area contributed by atoms with Crippen molar-refractivity contribution < 1.29 is 9.18 Å². The highest BCUT2D eigenvalue weighted by molar-refractivity contribution is 6.30. The van der Waals surface area contributed by atoms with Crippen LogP contribution in [0.4, 0.5) is 4.39 Å². The van der Waals surface area contributed by atoms with Crippen molar-refractivity contribution in [3.63, 3.8) is 0 Å². The molecule has 0 saturated carbocycles. The van der Waals surface area contributed by atoms with Gasteiger partial charge in [0.25, 0.3) is 0 Å². The Hall–Kier alpha value is -2.74. The fourth-order valence-electron chi connectivity index (χ4n) is 2.01. The Bertz CT molecular complexity index is 936. The summed E-state index contributed by atoms with van der Waals surface area (Å²) in [5.74, 6) is -0.980. The molecule has 0 bridgehead atoms. The summed E-state index contributed by atoms with van der Waals surface area (Å²) in [5, 5.41) is 10.5. The molecule has 3 rings (SSSR count). The van der Waals surface area contributed by atoms with Gasteiger partial charge in [-0.3, -0.25) is 4.79 Å². The molecule has 1 aromatic carbocycles. The van der Waals surface area contributed by atoms with E-state index in [1.807, 2.05) is 0 Å². The van der Waals surface area contributed by atoms with Crippen LogP contribution in [0.2, 0.25) is 5.02 Å². The van der Waals surface area contributed by atoms with Crippen molar-refractivity contribution in [2.45, 2.75) is 13.1 Å². The minimum Gasteiger partial charge on any atom is -0.350 e. The maximum absolute atomic E-state index is 13.3. The third kappa shape index (κ3) is 3.21. The van der Waals surface area contributed by atoms with Gasteiger partial charge in [0.15, 0.2) is 5.65 Å². The summed E-state index contributed by atoms with van der Waals surface area (Å²) < 4.78 is 15.4. The number of fused-ring (bicyclic) bond motifs is 1. The first kappa shape index (κ1) is 15.2. The Kier molecular flexibility index (Phi) is 4.07. The fourth-order valence-corrected chi connectivity index (χ4v) is 2.13. The zero-order valence-electron chi connectivity index (χ0n) is 11.7. The molecule has 0 aliphatic carbocycles. The van der Waals surface area contributed by atoms with Crippen molar-refractivity contribution in [1.29, 1.82) is 0 Å². The third-order valence-electron chi connectivity index (χ3n) is 3.12. The van der Waals surface area contributed by atoms with E-state index in [1.54, 1.807) is 18.2 Å². The van der Waals surface area contributed by atoms with Crippen molar-refractivity contribution >= 4 is 23.2 Å². The second-order valence-electron chi connectivity index (χ2n) is 4.76. The highest BCUT2D eigenvalue weighted by atomic mass is 35.5. The molecule has 0 unspecified atom stereocenters. The number of carbonyl (C=O) groups excluding carboxylic acids is 1. The first-order valence-corrected chi connectivity index (χ1v) is 7.04. The lowest BCUT2D eigenvalue weighted by Crippen LogP contribution is -2.32. The molecule has 1 N–H and O–H groups in total. The van der Waals surface area contributed by atoms with Crippen LogP contribution in [0.3, 0.4) is 0 Å². The van der Waals surface area contributed by atoms with Gasteiger partial charge < -0.3 is 5.32 Å². The van der Waals surface area contributed by atoms with E-state index in [1.165, 1.54) is 18.3 Å². The summed E-state index contributed by atoms with van der Waals surface area (Å²) in [4.78, 5) is 23.9. The van der Waals surface area contributed by atoms with Crippen LogP contribution in [0.5, 0.6) is 0 Å². The van der Waals surface area contributed by atoms with Gasteiger partial charge in [0.2, 0.25) is 5.91 Å². The Labute approximate surface area is 134 Å². The standard InChI is InChI=1S/C14H11ClFN5O2/c15-10-4-3-9(6-11(10)16)7-17-13(22)8-20-14(23)21-12(19-20)2-1-5-18-21/h1-6H,7-8H2,(H,17,22). The van der Waals surface area contributed by atoms with Crippen molar-refractivity contribution in [3.8, 4) is 0 Å². The van der Waals surface area contributed by atoms with E-state index >= 15 is 0 Å². The van der Waals surface area contributed by atoms with Crippen LogP contribution in [0.15, 0.2) is 41.3 Å². The Morgan fingerprint density at radius 3 is 2.91 bits per heavy atom. The zero-order valence-corrected chi connectivity index (χ0v) is 12.5. The minimum atomic E-state index is -0.555. The maximum atomic E-state index is 13.3. The lowest BCUT2D eigenvalue weighted by Gasteiger charge is -2.05. The highest BCUT2D eigenvalue weighted by Crippen LogP contribution is 2.15. The van der Waals surface area contributed by atoms with Crippen LogP contribution in [0, 0.1) is 5.82 Å². The van der Waals surface area contributed by atoms with Crippen LogP contribution in [-0.4, -0.2) is 25.3 Å². The van der Waals surface area contributed by atoms with Crippen molar-refractivity contribution in [3.05, 3.63) is 63.4 Å². The SMILES string of the molecule is O=C(Cn1nc2cccnn2c1=O)NCc1ccc(Cl)c(F)c1. The first-order chi connectivity index (χ1) is 11.0. The van der Waals surface area contributed by atoms with E-state index in [2.05, 4.69) is 15.5 Å². The van der Waals surface area contributed by atoms with Gasteiger partial charge in [-0.15, -0.1) is 5.10 Å². The Morgan fingerprint density at radius 2 is 2.17 bits per heavy atom. The summed E-state index contributed by atoms with van der Waals surface area (Å²) in [6, 6.07) is 7.51. The Balaban J connectivity index is 1.67. The summed E-state index contributed by atoms with van der Waals surface area (Å²) in [5.41, 5.74) is 0.405. The first-order valence-electron chi connectivity index (χ1n) is 6.66. The van der Waals surface area contributed by atoms with Crippen molar-refractivity contribution in [2.24, 2.45) is 0 Å². The second kappa shape index (κ2) is 6.17. The number of nitrogens with zero attached hydrogens (tertiary/aromatic N) is 4. The summed E-state index contributed by atoms with van der Waals surface area (Å²) in [6.45, 7) is -0.133. The van der Waals surface area contributed by atoms with Crippen LogP contribution in [-0.2, 0) is 17.9 Å². The molecule has 23 heavy (non-hydrogen) atoms. The van der Waals surface area contributed by atoms with Crippen LogP contribution < -0.4 is 11.0 Å². The number of amides is 1. The summed E-state index contributed by atoms with van der Waals surface area (Å²) >= 11 is 5.59. The number of hydrogen-bond acceptors (Lipinski definition) is 4. The van der Waals surface area contributed by atoms with Gasteiger partial charge in [0.05, 0.1) is 5.02 Å². The monoisotopic (exact) mass is 335 g/mol. The molecule has 0 aliphatic rings. The predicted octanol–water partition coefficient (Wildman–Crippen LogP) is 1.000. The third-order valence-corrected chi connectivity index (χ3v) is 3.43. The van der Waals surface area contributed by atoms with Crippen molar-refractivity contribution in [2.75, 3.05) is 0 Å². The molecule has 0 saturated heterocycles. The number of benzene rings is 1. The van der Waals surface area contributed by atoms with Crippen LogP contribution >= 0.6 is 11.6 Å². The molecule has 9 heteroatoms. The number of carbonyl (C=O) groups is 1. The number of rotatable bonds is 4. The van der Waals surface area contributed by atoms with E-state index in [0.29, 0.717) is 11.2 Å². The molecule has 2 aromatic heterocycles. The highest BCUT2D eigenvalue weighted by Gasteiger charge is 2.11. The molecule has 0 aliphatic heterocycles. The normalized spacial score (nSPS) is 10.9. The average molecular weight is 336 g/mol. The van der Waals surface area contributed by atoms with E-state index in [-0.39, 0.29) is 18.1 Å². The van der Waals surface area contributed by atoms with Crippen LogP contribution in [0.25, 0.3) is 5.65 Å². The summed E-state index contributed by atoms with van der Waals surface area (Å²) in [7, 11) is 0. The zero-order chi connectivity index (χ0) is 16.4. The van der Waals surface area contributed by atoms with E-state index < -0.39 is 17.4 Å². The molecule has 3 aromatic rings. The summed E-state index contributed by atoms with van der Waals surface area (Å²) in [6.07, 6.45) is 1.45. The molecule has 118 valence electrons. The predicted molar refractivity (Wildman–Crippen MR) is 80.5 cm³/mol. The minimum absolute atomic E-state index is 0.0174. The number of nitrogens with one attached hydrogen (secondary N) is 1. The topological polar surface area (TPSA) is 81.3 Å².